The van der Waals surface area contributed by atoms with Crippen molar-refractivity contribution in [2.24, 2.45) is 0 Å². The summed E-state index contributed by atoms with van der Waals surface area (Å²) in [7, 11) is -9.81. The molecule has 0 rings (SSSR count). The van der Waals surface area contributed by atoms with Gasteiger partial charge in [-0.3, -0.25) is 32.5 Å². The number of carbonyl (C=O) groups is 3. The van der Waals surface area contributed by atoms with Crippen LogP contribution >= 0.6 is 15.6 Å². The van der Waals surface area contributed by atoms with Gasteiger partial charge >= 0.3 is 33.6 Å². The van der Waals surface area contributed by atoms with E-state index in [4.69, 9.17) is 32.3 Å². The first-order valence-electron chi connectivity index (χ1n) is 32.5. The van der Waals surface area contributed by atoms with E-state index in [-0.39, 0.29) is 19.3 Å². The summed E-state index contributed by atoms with van der Waals surface area (Å²) in [5.41, 5.74) is 0. The lowest BCUT2D eigenvalue weighted by atomic mass is 10.1. The molecule has 0 bridgehead atoms. The average molecular weight is 1260 g/mol. The first kappa shape index (κ1) is 82.7. The largest absolute Gasteiger partial charge is 0.472 e. The molecule has 0 heterocycles. The maximum Gasteiger partial charge on any atom is 0.472 e. The number of hydrogen-bond acceptors (Lipinski definition) is 14. The molecular formula is C69H114O16P2. The number of hydrogen-bond donors (Lipinski definition) is 4. The van der Waals surface area contributed by atoms with Gasteiger partial charge in [0.2, 0.25) is 0 Å². The summed E-state index contributed by atoms with van der Waals surface area (Å²) in [4.78, 5) is 58.2. The van der Waals surface area contributed by atoms with Gasteiger partial charge in [0.05, 0.1) is 26.4 Å². The molecule has 0 fully saturated rings. The smallest absolute Gasteiger partial charge is 0.463 e. The summed E-state index contributed by atoms with van der Waals surface area (Å²) >= 11 is 0. The topological polar surface area (TPSA) is 231 Å². The standard InChI is InChI=1S/C69H114O16P2/c1-4-7-10-13-16-19-22-25-27-29-31-33-35-38-40-43-46-49-52-55-67(72)79-58-64(70)59-81-86(75,76)82-60-65(71)61-83-87(77,78)84-63-66(85-69(74)57-54-51-48-45-42-37-24-21-18-15-12-9-6-3)62-80-68(73)56-53-50-47-44-41-39-36-34-32-30-28-26-23-20-17-14-11-8-5-2/h7,10,12,15-17,19-21,24-28,31-34,38,40,46,49,64-66,70-71H,4-6,8-9,11,13-14,18,22-23,29-30,35-37,39,41-45,47-48,50-63H2,1-3H3,(H,75,76)(H,77,78)/b10-7-,15-12-,19-16-,20-17-,24-21-,27-25-,28-26-,33-31-,34-32-,40-38-,49-46-. The number of ether oxygens (including phenoxy) is 3. The Morgan fingerprint density at radius 3 is 1.08 bits per heavy atom. The van der Waals surface area contributed by atoms with Crippen LogP contribution in [0.2, 0.25) is 0 Å². The highest BCUT2D eigenvalue weighted by Gasteiger charge is 2.29. The Kier molecular flexibility index (Phi) is 58.8. The van der Waals surface area contributed by atoms with Crippen molar-refractivity contribution in [2.75, 3.05) is 39.6 Å². The summed E-state index contributed by atoms with van der Waals surface area (Å²) in [6, 6.07) is 0. The number of esters is 3. The Bertz CT molecular complexity index is 2120. The predicted octanol–water partition coefficient (Wildman–Crippen LogP) is 17.6. The number of phosphoric acid groups is 2. The van der Waals surface area contributed by atoms with Gasteiger partial charge in [-0.05, 0) is 122 Å². The predicted molar refractivity (Wildman–Crippen MR) is 353 cm³/mol. The highest BCUT2D eigenvalue weighted by atomic mass is 31.2. The molecule has 5 atom stereocenters. The van der Waals surface area contributed by atoms with Gasteiger partial charge in [-0.2, -0.15) is 0 Å². The molecule has 87 heavy (non-hydrogen) atoms. The van der Waals surface area contributed by atoms with Crippen LogP contribution in [0.1, 0.15) is 226 Å². The maximum atomic E-state index is 12.9. The highest BCUT2D eigenvalue weighted by Crippen LogP contribution is 2.45. The Morgan fingerprint density at radius 1 is 0.333 bits per heavy atom. The van der Waals surface area contributed by atoms with Crippen molar-refractivity contribution in [3.8, 4) is 0 Å². The second-order valence-electron chi connectivity index (χ2n) is 21.2. The number of allylic oxidation sites excluding steroid dienone is 22. The van der Waals surface area contributed by atoms with Crippen LogP contribution in [0.5, 0.6) is 0 Å². The Hall–Kier alpha value is -4.31. The SMILES string of the molecule is CC/C=C\C/C=C\C/C=C\C/C=C\C/C=C\C/C=C\CCC(=O)OCC(O)COP(=O)(O)OCC(O)COP(=O)(O)OCC(COC(=O)CCCCCCCC/C=C\C/C=C\C/C=C\CCCCC)OC(=O)CCCCCCC/C=C\C/C=C\CCC. The molecule has 16 nitrogen and oxygen atoms in total. The van der Waals surface area contributed by atoms with Crippen LogP contribution in [0.3, 0.4) is 0 Å². The van der Waals surface area contributed by atoms with E-state index in [1.807, 2.05) is 18.2 Å². The van der Waals surface area contributed by atoms with Gasteiger partial charge in [0.25, 0.3) is 0 Å². The second kappa shape index (κ2) is 61.9. The highest BCUT2D eigenvalue weighted by molar-refractivity contribution is 7.47. The minimum atomic E-state index is -4.94. The zero-order valence-corrected chi connectivity index (χ0v) is 55.2. The van der Waals surface area contributed by atoms with Crippen LogP contribution in [-0.4, -0.2) is 95.9 Å². The molecule has 0 radical (unpaired) electrons. The molecule has 0 aliphatic heterocycles. The van der Waals surface area contributed by atoms with Crippen molar-refractivity contribution in [2.45, 2.75) is 245 Å². The van der Waals surface area contributed by atoms with E-state index in [0.717, 1.165) is 141 Å². The van der Waals surface area contributed by atoms with Crippen molar-refractivity contribution in [1.82, 2.24) is 0 Å². The van der Waals surface area contributed by atoms with Gasteiger partial charge in [0.15, 0.2) is 6.10 Å². The molecule has 0 aromatic carbocycles. The molecule has 5 unspecified atom stereocenters. The number of phosphoric ester groups is 2. The lowest BCUT2D eigenvalue weighted by molar-refractivity contribution is -0.161. The fourth-order valence-corrected chi connectivity index (χ4v) is 9.46. The fraction of sp³-hybridized carbons (Fsp3) is 0.638. The van der Waals surface area contributed by atoms with Crippen molar-refractivity contribution < 1.29 is 75.8 Å². The van der Waals surface area contributed by atoms with E-state index in [9.17, 15) is 43.5 Å². The van der Waals surface area contributed by atoms with Crippen LogP contribution in [0.4, 0.5) is 0 Å². The molecule has 4 N–H and O–H groups in total. The summed E-state index contributed by atoms with van der Waals surface area (Å²) in [5.74, 6) is -1.70. The van der Waals surface area contributed by atoms with Crippen LogP contribution < -0.4 is 0 Å². The van der Waals surface area contributed by atoms with Gasteiger partial charge in [0, 0.05) is 19.3 Å². The summed E-state index contributed by atoms with van der Waals surface area (Å²) in [6.07, 6.45) is 70.9. The first-order valence-corrected chi connectivity index (χ1v) is 35.5. The number of aliphatic hydroxyl groups excluding tert-OH is 2. The quantitative estimate of drug-likeness (QED) is 0.0146. The zero-order chi connectivity index (χ0) is 63.8. The maximum absolute atomic E-state index is 12.9. The summed E-state index contributed by atoms with van der Waals surface area (Å²) in [6.45, 7) is 2.30. The Balaban J connectivity index is 4.75. The van der Waals surface area contributed by atoms with Gasteiger partial charge in [-0.15, -0.1) is 0 Å². The van der Waals surface area contributed by atoms with Crippen molar-refractivity contribution in [1.29, 1.82) is 0 Å². The van der Waals surface area contributed by atoms with Crippen LogP contribution in [-0.2, 0) is 55.8 Å². The average Bonchev–Trinajstić information content (AvgIpc) is 3.63. The minimum Gasteiger partial charge on any atom is -0.463 e. The third-order valence-corrected chi connectivity index (χ3v) is 14.7. The van der Waals surface area contributed by atoms with E-state index in [1.165, 1.54) is 19.3 Å². The molecule has 0 amide bonds. The number of unbranched alkanes of at least 4 members (excludes halogenated alkanes) is 15. The van der Waals surface area contributed by atoms with Crippen LogP contribution in [0.25, 0.3) is 0 Å². The Labute approximate surface area is 525 Å². The minimum absolute atomic E-state index is 0.0561. The van der Waals surface area contributed by atoms with Crippen molar-refractivity contribution in [3.05, 3.63) is 134 Å². The second-order valence-corrected chi connectivity index (χ2v) is 24.1. The van der Waals surface area contributed by atoms with E-state index < -0.39 is 91.5 Å². The molecule has 0 spiro atoms. The molecule has 0 saturated heterocycles. The molecule has 0 saturated carbocycles. The lowest BCUT2D eigenvalue weighted by Crippen LogP contribution is -2.30. The zero-order valence-electron chi connectivity index (χ0n) is 53.4. The van der Waals surface area contributed by atoms with E-state index in [2.05, 4.69) is 136 Å². The third-order valence-electron chi connectivity index (χ3n) is 12.8. The van der Waals surface area contributed by atoms with Gasteiger partial charge in [-0.1, -0.05) is 219 Å². The lowest BCUT2D eigenvalue weighted by Gasteiger charge is -2.21. The van der Waals surface area contributed by atoms with Gasteiger partial charge in [-0.25, -0.2) is 9.13 Å². The fourth-order valence-electron chi connectivity index (χ4n) is 7.87. The first-order chi connectivity index (χ1) is 42.2. The monoisotopic (exact) mass is 1260 g/mol. The molecule has 0 aliphatic rings. The number of aliphatic hydroxyl groups is 2. The third kappa shape index (κ3) is 63.1. The van der Waals surface area contributed by atoms with Gasteiger partial charge in [0.1, 0.15) is 25.4 Å². The molecule has 0 aromatic rings. The van der Waals surface area contributed by atoms with Crippen LogP contribution in [0, 0.1) is 0 Å². The van der Waals surface area contributed by atoms with Crippen LogP contribution in [0.15, 0.2) is 134 Å². The van der Waals surface area contributed by atoms with Crippen molar-refractivity contribution in [3.63, 3.8) is 0 Å². The van der Waals surface area contributed by atoms with E-state index in [0.29, 0.717) is 25.7 Å². The molecule has 0 aliphatic carbocycles. The molecule has 496 valence electrons. The van der Waals surface area contributed by atoms with Crippen molar-refractivity contribution >= 4 is 33.6 Å². The summed E-state index contributed by atoms with van der Waals surface area (Å²) < 4.78 is 60.7. The molecular weight excluding hydrogens is 1150 g/mol. The van der Waals surface area contributed by atoms with E-state index >= 15 is 0 Å². The summed E-state index contributed by atoms with van der Waals surface area (Å²) in [5, 5.41) is 20.5. The number of rotatable bonds is 60. The number of carbonyl (C=O) groups excluding carboxylic acids is 3. The molecule has 0 aromatic heterocycles. The normalized spacial score (nSPS) is 15.2. The van der Waals surface area contributed by atoms with Gasteiger partial charge < -0.3 is 34.2 Å². The van der Waals surface area contributed by atoms with E-state index in [1.54, 1.807) is 0 Å². The Morgan fingerprint density at radius 2 is 0.655 bits per heavy atom. The molecule has 18 heteroatoms.